The number of amides is 1. The molecule has 0 bridgehead atoms. The van der Waals surface area contributed by atoms with Crippen LogP contribution < -0.4 is 0 Å². The van der Waals surface area contributed by atoms with Crippen molar-refractivity contribution in [3.63, 3.8) is 0 Å². The molecule has 1 aliphatic heterocycles. The first kappa shape index (κ1) is 17.6. The van der Waals surface area contributed by atoms with Gasteiger partial charge >= 0.3 is 0 Å². The van der Waals surface area contributed by atoms with E-state index in [9.17, 15) is 4.79 Å². The van der Waals surface area contributed by atoms with Gasteiger partial charge in [-0.1, -0.05) is 12.1 Å². The van der Waals surface area contributed by atoms with Crippen molar-refractivity contribution in [2.24, 2.45) is 5.92 Å². The van der Waals surface area contributed by atoms with Crippen LogP contribution in [0.3, 0.4) is 0 Å². The van der Waals surface area contributed by atoms with Crippen molar-refractivity contribution in [3.8, 4) is 0 Å². The van der Waals surface area contributed by atoms with Crippen molar-refractivity contribution in [2.75, 3.05) is 13.1 Å². The average molecular weight is 360 g/mol. The predicted molar refractivity (Wildman–Crippen MR) is 105 cm³/mol. The number of carbonyl (C=O) groups is 1. The van der Waals surface area contributed by atoms with Gasteiger partial charge in [0.05, 0.1) is 11.1 Å². The summed E-state index contributed by atoms with van der Waals surface area (Å²) < 4.78 is 0. The Morgan fingerprint density at radius 1 is 1.11 bits per heavy atom. The summed E-state index contributed by atoms with van der Waals surface area (Å²) in [7, 11) is 0. The van der Waals surface area contributed by atoms with Crippen molar-refractivity contribution in [1.29, 1.82) is 0 Å². The fraction of sp³-hybridized carbons (Fsp3) is 0.364. The fourth-order valence-corrected chi connectivity index (χ4v) is 3.84. The molecule has 0 radical (unpaired) electrons. The maximum absolute atomic E-state index is 12.7. The van der Waals surface area contributed by atoms with Crippen LogP contribution in [0.25, 0.3) is 10.9 Å². The average Bonchev–Trinajstić information content (AvgIpc) is 2.93. The van der Waals surface area contributed by atoms with Gasteiger partial charge in [-0.2, -0.15) is 0 Å². The highest BCUT2D eigenvalue weighted by Gasteiger charge is 2.22. The molecule has 0 aliphatic carbocycles. The van der Waals surface area contributed by atoms with E-state index in [0.717, 1.165) is 44.3 Å². The largest absolute Gasteiger partial charge is 0.339 e. The van der Waals surface area contributed by atoms with Gasteiger partial charge in [-0.25, -0.2) is 9.97 Å². The van der Waals surface area contributed by atoms with E-state index in [4.69, 9.17) is 0 Å². The third-order valence-corrected chi connectivity index (χ3v) is 5.35. The van der Waals surface area contributed by atoms with Crippen LogP contribution in [-0.2, 0) is 6.42 Å². The summed E-state index contributed by atoms with van der Waals surface area (Å²) in [6.45, 7) is 3.44. The number of rotatable bonds is 3. The van der Waals surface area contributed by atoms with Crippen LogP contribution in [0.2, 0.25) is 0 Å². The van der Waals surface area contributed by atoms with Gasteiger partial charge in [-0.15, -0.1) is 0 Å². The van der Waals surface area contributed by atoms with Crippen LogP contribution in [-0.4, -0.2) is 38.8 Å². The van der Waals surface area contributed by atoms with E-state index in [2.05, 4.69) is 39.2 Å². The summed E-state index contributed by atoms with van der Waals surface area (Å²) >= 11 is 0. The molecule has 1 aromatic carbocycles. The minimum atomic E-state index is 0.0485. The molecule has 5 heteroatoms. The predicted octanol–water partition coefficient (Wildman–Crippen LogP) is 3.82. The SMILES string of the molecule is Cc1ncc(C(=O)N2CCCC(Cc3ccc4ncccc4c3)CC2)cn1. The highest BCUT2D eigenvalue weighted by molar-refractivity contribution is 5.93. The molecule has 138 valence electrons. The molecular formula is C22H24N4O. The van der Waals surface area contributed by atoms with Gasteiger partial charge in [0.15, 0.2) is 0 Å². The van der Waals surface area contributed by atoms with Crippen LogP contribution in [0.4, 0.5) is 0 Å². The standard InChI is InChI=1S/C22H24N4O/c1-16-24-14-20(15-25-16)22(27)26-10-3-4-17(8-11-26)12-18-6-7-21-19(13-18)5-2-9-23-21/h2,5-7,9,13-15,17H,3-4,8,10-12H2,1H3. The highest BCUT2D eigenvalue weighted by atomic mass is 16.2. The first-order valence-electron chi connectivity index (χ1n) is 9.60. The number of pyridine rings is 1. The smallest absolute Gasteiger partial charge is 0.256 e. The maximum atomic E-state index is 12.7. The summed E-state index contributed by atoms with van der Waals surface area (Å²) in [6, 6.07) is 10.6. The first-order chi connectivity index (χ1) is 13.2. The summed E-state index contributed by atoms with van der Waals surface area (Å²) in [6.07, 6.45) is 9.38. The molecule has 0 N–H and O–H groups in total. The molecule has 1 atom stereocenters. The zero-order chi connectivity index (χ0) is 18.6. The minimum Gasteiger partial charge on any atom is -0.339 e. The van der Waals surface area contributed by atoms with E-state index in [-0.39, 0.29) is 5.91 Å². The molecule has 1 amide bonds. The quantitative estimate of drug-likeness (QED) is 0.712. The van der Waals surface area contributed by atoms with E-state index in [0.29, 0.717) is 17.3 Å². The molecule has 1 aliphatic rings. The third kappa shape index (κ3) is 4.13. The number of likely N-dealkylation sites (tertiary alicyclic amines) is 1. The van der Waals surface area contributed by atoms with Crippen LogP contribution in [0.1, 0.15) is 41.0 Å². The summed E-state index contributed by atoms with van der Waals surface area (Å²) in [4.78, 5) is 27.4. The Bertz CT molecular complexity index is 938. The first-order valence-corrected chi connectivity index (χ1v) is 9.60. The summed E-state index contributed by atoms with van der Waals surface area (Å²) in [5.41, 5.74) is 2.98. The van der Waals surface area contributed by atoms with E-state index >= 15 is 0 Å². The number of hydrogen-bond donors (Lipinski definition) is 0. The zero-order valence-corrected chi connectivity index (χ0v) is 15.6. The van der Waals surface area contributed by atoms with E-state index < -0.39 is 0 Å². The van der Waals surface area contributed by atoms with Crippen LogP contribution in [0, 0.1) is 12.8 Å². The molecule has 3 heterocycles. The zero-order valence-electron chi connectivity index (χ0n) is 15.6. The van der Waals surface area contributed by atoms with Crippen molar-refractivity contribution in [3.05, 3.63) is 65.9 Å². The van der Waals surface area contributed by atoms with Gasteiger partial charge in [0, 0.05) is 37.1 Å². The number of aromatic nitrogens is 3. The lowest BCUT2D eigenvalue weighted by molar-refractivity contribution is 0.0759. The molecule has 1 saturated heterocycles. The molecule has 1 unspecified atom stereocenters. The normalized spacial score (nSPS) is 17.7. The van der Waals surface area contributed by atoms with E-state index in [1.165, 1.54) is 10.9 Å². The second kappa shape index (κ2) is 7.82. The van der Waals surface area contributed by atoms with Crippen molar-refractivity contribution in [1.82, 2.24) is 19.9 Å². The lowest BCUT2D eigenvalue weighted by Gasteiger charge is -2.20. The molecule has 3 aromatic rings. The summed E-state index contributed by atoms with van der Waals surface area (Å²) in [5.74, 6) is 1.34. The van der Waals surface area contributed by atoms with Crippen molar-refractivity contribution in [2.45, 2.75) is 32.6 Å². The Morgan fingerprint density at radius 3 is 2.81 bits per heavy atom. The van der Waals surface area contributed by atoms with Crippen LogP contribution in [0.5, 0.6) is 0 Å². The molecule has 27 heavy (non-hydrogen) atoms. The highest BCUT2D eigenvalue weighted by Crippen LogP contribution is 2.24. The van der Waals surface area contributed by atoms with Crippen molar-refractivity contribution >= 4 is 16.8 Å². The van der Waals surface area contributed by atoms with Gasteiger partial charge in [0.25, 0.3) is 5.91 Å². The second-order valence-corrected chi connectivity index (χ2v) is 7.34. The molecule has 2 aromatic heterocycles. The lowest BCUT2D eigenvalue weighted by Crippen LogP contribution is -2.32. The molecule has 0 spiro atoms. The van der Waals surface area contributed by atoms with E-state index in [1.54, 1.807) is 12.4 Å². The van der Waals surface area contributed by atoms with Gasteiger partial charge < -0.3 is 4.90 Å². The Hall–Kier alpha value is -2.82. The van der Waals surface area contributed by atoms with Gasteiger partial charge in [-0.3, -0.25) is 9.78 Å². The lowest BCUT2D eigenvalue weighted by atomic mass is 9.92. The monoisotopic (exact) mass is 360 g/mol. The van der Waals surface area contributed by atoms with Gasteiger partial charge in [-0.05, 0) is 62.3 Å². The van der Waals surface area contributed by atoms with Crippen LogP contribution in [0.15, 0.2) is 48.9 Å². The minimum absolute atomic E-state index is 0.0485. The number of fused-ring (bicyclic) bond motifs is 1. The number of benzene rings is 1. The molecule has 5 nitrogen and oxygen atoms in total. The topological polar surface area (TPSA) is 59.0 Å². The number of carbonyl (C=O) groups excluding carboxylic acids is 1. The summed E-state index contributed by atoms with van der Waals surface area (Å²) in [5, 5.41) is 1.19. The van der Waals surface area contributed by atoms with Crippen molar-refractivity contribution < 1.29 is 4.79 Å². The van der Waals surface area contributed by atoms with Gasteiger partial charge in [0.1, 0.15) is 5.82 Å². The van der Waals surface area contributed by atoms with Gasteiger partial charge in [0.2, 0.25) is 0 Å². The number of hydrogen-bond acceptors (Lipinski definition) is 4. The Labute approximate surface area is 159 Å². The number of nitrogens with zero attached hydrogens (tertiary/aromatic N) is 4. The molecular weight excluding hydrogens is 336 g/mol. The molecule has 0 saturated carbocycles. The third-order valence-electron chi connectivity index (χ3n) is 5.35. The van der Waals surface area contributed by atoms with Crippen LogP contribution >= 0.6 is 0 Å². The Kier molecular flexibility index (Phi) is 5.10. The van der Waals surface area contributed by atoms with E-state index in [1.807, 2.05) is 24.1 Å². The number of aryl methyl sites for hydroxylation is 1. The fourth-order valence-electron chi connectivity index (χ4n) is 3.84. The second-order valence-electron chi connectivity index (χ2n) is 7.34. The molecule has 4 rings (SSSR count). The Balaban J connectivity index is 1.40. The molecule has 1 fully saturated rings. The Morgan fingerprint density at radius 2 is 1.96 bits per heavy atom. The maximum Gasteiger partial charge on any atom is 0.256 e.